The predicted molar refractivity (Wildman–Crippen MR) is 77.5 cm³/mol. The first-order chi connectivity index (χ1) is 9.69. The van der Waals surface area contributed by atoms with Gasteiger partial charge in [0.15, 0.2) is 0 Å². The number of hydrogen-bond donors (Lipinski definition) is 2. The summed E-state index contributed by atoms with van der Waals surface area (Å²) < 4.78 is 6.98. The van der Waals surface area contributed by atoms with Crippen molar-refractivity contribution in [3.63, 3.8) is 0 Å². The van der Waals surface area contributed by atoms with Crippen molar-refractivity contribution in [1.82, 2.24) is 9.78 Å². The number of benzene rings is 1. The molecule has 2 rings (SSSR count). The fraction of sp³-hybridized carbons (Fsp3) is 0.286. The number of nitrogens with zero attached hydrogens (tertiary/aromatic N) is 2. The monoisotopic (exact) mass is 274 g/mol. The lowest BCUT2D eigenvalue weighted by molar-refractivity contribution is -0.116. The topological polar surface area (TPSA) is 82.2 Å². The number of nitrogens with one attached hydrogen (secondary N) is 1. The Hall–Kier alpha value is -2.50. The van der Waals surface area contributed by atoms with Crippen molar-refractivity contribution in [2.24, 2.45) is 0 Å². The van der Waals surface area contributed by atoms with Gasteiger partial charge < -0.3 is 15.8 Å². The minimum Gasteiger partial charge on any atom is -0.494 e. The lowest BCUT2D eigenvalue weighted by Crippen LogP contribution is -2.13. The molecule has 6 heteroatoms. The average molecular weight is 274 g/mol. The summed E-state index contributed by atoms with van der Waals surface area (Å²) in [5.74, 6) is 0.505. The summed E-state index contributed by atoms with van der Waals surface area (Å²) in [7, 11) is 1.54. The number of methoxy groups -OCH3 is 1. The third kappa shape index (κ3) is 3.74. The maximum atomic E-state index is 11.9. The van der Waals surface area contributed by atoms with Gasteiger partial charge in [0.1, 0.15) is 5.75 Å². The van der Waals surface area contributed by atoms with Crippen LogP contribution in [-0.2, 0) is 11.3 Å². The highest BCUT2D eigenvalue weighted by Crippen LogP contribution is 2.26. The van der Waals surface area contributed by atoms with Crippen LogP contribution in [-0.4, -0.2) is 22.8 Å². The van der Waals surface area contributed by atoms with E-state index in [1.54, 1.807) is 36.2 Å². The number of anilines is 2. The van der Waals surface area contributed by atoms with Crippen molar-refractivity contribution < 1.29 is 9.53 Å². The molecular weight excluding hydrogens is 256 g/mol. The van der Waals surface area contributed by atoms with Crippen LogP contribution in [0.3, 0.4) is 0 Å². The molecular formula is C14H18N4O2. The molecule has 0 aliphatic carbocycles. The Morgan fingerprint density at radius 2 is 2.35 bits per heavy atom. The summed E-state index contributed by atoms with van der Waals surface area (Å²) in [5.41, 5.74) is 6.89. The summed E-state index contributed by atoms with van der Waals surface area (Å²) in [6, 6.07) is 7.00. The van der Waals surface area contributed by atoms with E-state index in [9.17, 15) is 4.79 Å². The fourth-order valence-corrected chi connectivity index (χ4v) is 1.86. The van der Waals surface area contributed by atoms with Gasteiger partial charge in [-0.1, -0.05) is 0 Å². The van der Waals surface area contributed by atoms with Crippen LogP contribution in [0.1, 0.15) is 12.8 Å². The molecule has 1 amide bonds. The molecule has 0 aliphatic rings. The van der Waals surface area contributed by atoms with Gasteiger partial charge in [-0.15, -0.1) is 0 Å². The van der Waals surface area contributed by atoms with Crippen LogP contribution in [0.15, 0.2) is 36.7 Å². The molecule has 0 spiro atoms. The Bertz CT molecular complexity index is 567. The molecule has 0 fully saturated rings. The molecule has 106 valence electrons. The Morgan fingerprint density at radius 1 is 1.50 bits per heavy atom. The summed E-state index contributed by atoms with van der Waals surface area (Å²) in [5, 5.41) is 6.90. The van der Waals surface area contributed by atoms with Crippen molar-refractivity contribution in [2.45, 2.75) is 19.4 Å². The number of carbonyl (C=O) groups is 1. The van der Waals surface area contributed by atoms with Crippen LogP contribution >= 0.6 is 0 Å². The van der Waals surface area contributed by atoms with Gasteiger partial charge in [-0.2, -0.15) is 5.10 Å². The van der Waals surface area contributed by atoms with Gasteiger partial charge in [-0.25, -0.2) is 0 Å². The van der Waals surface area contributed by atoms with E-state index in [0.717, 1.165) is 13.0 Å². The van der Waals surface area contributed by atoms with E-state index in [1.165, 1.54) is 0 Å². The highest BCUT2D eigenvalue weighted by Gasteiger charge is 2.07. The quantitative estimate of drug-likeness (QED) is 0.788. The first-order valence-corrected chi connectivity index (χ1v) is 6.40. The van der Waals surface area contributed by atoms with Crippen molar-refractivity contribution in [3.05, 3.63) is 36.7 Å². The molecule has 0 saturated carbocycles. The van der Waals surface area contributed by atoms with Gasteiger partial charge in [0.2, 0.25) is 5.91 Å². The summed E-state index contributed by atoms with van der Waals surface area (Å²) in [4.78, 5) is 11.9. The summed E-state index contributed by atoms with van der Waals surface area (Å²) in [6.45, 7) is 0.722. The molecule has 20 heavy (non-hydrogen) atoms. The number of hydrogen-bond acceptors (Lipinski definition) is 4. The van der Waals surface area contributed by atoms with E-state index in [0.29, 0.717) is 23.5 Å². The van der Waals surface area contributed by atoms with Gasteiger partial charge in [-0.05, 0) is 24.6 Å². The Morgan fingerprint density at radius 3 is 3.05 bits per heavy atom. The van der Waals surface area contributed by atoms with Crippen LogP contribution in [0.2, 0.25) is 0 Å². The molecule has 0 unspecified atom stereocenters. The van der Waals surface area contributed by atoms with Crippen molar-refractivity contribution in [2.75, 3.05) is 18.2 Å². The Kier molecular flexibility index (Phi) is 4.60. The molecule has 0 bridgehead atoms. The SMILES string of the molecule is COc1cc(N)ccc1NC(=O)CCCn1cccn1. The first kappa shape index (κ1) is 13.9. The van der Waals surface area contributed by atoms with Crippen LogP contribution in [0.25, 0.3) is 0 Å². The summed E-state index contributed by atoms with van der Waals surface area (Å²) in [6.07, 6.45) is 4.75. The lowest BCUT2D eigenvalue weighted by Gasteiger charge is -2.10. The number of aryl methyl sites for hydroxylation is 1. The largest absolute Gasteiger partial charge is 0.494 e. The molecule has 0 saturated heterocycles. The van der Waals surface area contributed by atoms with E-state index >= 15 is 0 Å². The van der Waals surface area contributed by atoms with Gasteiger partial charge in [-0.3, -0.25) is 9.48 Å². The molecule has 6 nitrogen and oxygen atoms in total. The zero-order valence-electron chi connectivity index (χ0n) is 11.4. The lowest BCUT2D eigenvalue weighted by atomic mass is 10.2. The minimum atomic E-state index is -0.0553. The molecule has 2 aromatic rings. The number of amides is 1. The highest BCUT2D eigenvalue weighted by molar-refractivity contribution is 5.92. The number of carbonyl (C=O) groups excluding carboxylic acids is 1. The van der Waals surface area contributed by atoms with Gasteiger partial charge in [0, 0.05) is 37.1 Å². The zero-order valence-corrected chi connectivity index (χ0v) is 11.4. The van der Waals surface area contributed by atoms with Crippen LogP contribution in [0.4, 0.5) is 11.4 Å². The number of nitrogens with two attached hydrogens (primary N) is 1. The second-order valence-corrected chi connectivity index (χ2v) is 4.38. The van der Waals surface area contributed by atoms with Gasteiger partial charge >= 0.3 is 0 Å². The maximum Gasteiger partial charge on any atom is 0.224 e. The van der Waals surface area contributed by atoms with Crippen LogP contribution in [0, 0.1) is 0 Å². The summed E-state index contributed by atoms with van der Waals surface area (Å²) >= 11 is 0. The van der Waals surface area contributed by atoms with Crippen molar-refractivity contribution >= 4 is 17.3 Å². The molecule has 1 aromatic heterocycles. The average Bonchev–Trinajstić information content (AvgIpc) is 2.94. The predicted octanol–water partition coefficient (Wildman–Crippen LogP) is 1.89. The van der Waals surface area contributed by atoms with Crippen molar-refractivity contribution in [3.8, 4) is 5.75 Å². The smallest absolute Gasteiger partial charge is 0.224 e. The van der Waals surface area contributed by atoms with E-state index in [4.69, 9.17) is 10.5 Å². The van der Waals surface area contributed by atoms with E-state index in [2.05, 4.69) is 10.4 Å². The Balaban J connectivity index is 1.85. The number of rotatable bonds is 6. The Labute approximate surface area is 117 Å². The second kappa shape index (κ2) is 6.60. The molecule has 3 N–H and O–H groups in total. The van der Waals surface area contributed by atoms with Gasteiger partial charge in [0.05, 0.1) is 12.8 Å². The third-order valence-electron chi connectivity index (χ3n) is 2.85. The second-order valence-electron chi connectivity index (χ2n) is 4.38. The number of ether oxygens (including phenoxy) is 1. The van der Waals surface area contributed by atoms with Gasteiger partial charge in [0.25, 0.3) is 0 Å². The molecule has 1 heterocycles. The standard InChI is InChI=1S/C14H18N4O2/c1-20-13-10-11(15)5-6-12(13)17-14(19)4-2-8-18-9-3-7-16-18/h3,5-7,9-10H,2,4,8,15H2,1H3,(H,17,19). The molecule has 0 aliphatic heterocycles. The first-order valence-electron chi connectivity index (χ1n) is 6.40. The molecule has 0 atom stereocenters. The number of aromatic nitrogens is 2. The zero-order chi connectivity index (χ0) is 14.4. The van der Waals surface area contributed by atoms with E-state index < -0.39 is 0 Å². The minimum absolute atomic E-state index is 0.0553. The highest BCUT2D eigenvalue weighted by atomic mass is 16.5. The third-order valence-corrected chi connectivity index (χ3v) is 2.85. The number of nitrogen functional groups attached to an aromatic ring is 1. The van der Waals surface area contributed by atoms with E-state index in [-0.39, 0.29) is 5.91 Å². The molecule has 0 radical (unpaired) electrons. The van der Waals surface area contributed by atoms with Crippen molar-refractivity contribution in [1.29, 1.82) is 0 Å². The van der Waals surface area contributed by atoms with Crippen LogP contribution < -0.4 is 15.8 Å². The normalized spacial score (nSPS) is 10.2. The molecule has 1 aromatic carbocycles. The maximum absolute atomic E-state index is 11.9. The van der Waals surface area contributed by atoms with Crippen LogP contribution in [0.5, 0.6) is 5.75 Å². The van der Waals surface area contributed by atoms with E-state index in [1.807, 2.05) is 12.3 Å². The fourth-order valence-electron chi connectivity index (χ4n) is 1.86.